The fourth-order valence-electron chi connectivity index (χ4n) is 3.40. The smallest absolute Gasteiger partial charge is 0.410 e. The van der Waals surface area contributed by atoms with Crippen molar-refractivity contribution in [1.82, 2.24) is 4.90 Å². The lowest BCUT2D eigenvalue weighted by Gasteiger charge is -2.30. The van der Waals surface area contributed by atoms with Gasteiger partial charge in [0.25, 0.3) is 0 Å². The van der Waals surface area contributed by atoms with Crippen LogP contribution in [0.25, 0.3) is 0 Å². The molecule has 0 spiro atoms. The van der Waals surface area contributed by atoms with Crippen molar-refractivity contribution in [3.63, 3.8) is 0 Å². The minimum absolute atomic E-state index is 0.285. The van der Waals surface area contributed by atoms with Crippen molar-refractivity contribution in [1.29, 1.82) is 0 Å². The van der Waals surface area contributed by atoms with Crippen LogP contribution >= 0.6 is 15.9 Å². The Bertz CT molecular complexity index is 770. The number of nitrogens with zero attached hydrogens (tertiary/aromatic N) is 1. The van der Waals surface area contributed by atoms with Gasteiger partial charge in [-0.1, -0.05) is 58.4 Å². The Balaban J connectivity index is 1.75. The third kappa shape index (κ3) is 5.11. The van der Waals surface area contributed by atoms with E-state index >= 15 is 0 Å². The summed E-state index contributed by atoms with van der Waals surface area (Å²) in [6, 6.07) is 18.0. The summed E-state index contributed by atoms with van der Waals surface area (Å²) in [6.07, 6.45) is 1.63. The van der Waals surface area contributed by atoms with Gasteiger partial charge in [0, 0.05) is 11.0 Å². The lowest BCUT2D eigenvalue weighted by molar-refractivity contribution is 0.00732. The Kier molecular flexibility index (Phi) is 5.92. The van der Waals surface area contributed by atoms with Gasteiger partial charge in [-0.15, -0.1) is 0 Å². The molecule has 1 aliphatic rings. The highest BCUT2D eigenvalue weighted by molar-refractivity contribution is 9.10. The largest absolute Gasteiger partial charge is 0.436 e. The summed E-state index contributed by atoms with van der Waals surface area (Å²) in [4.78, 5) is 14.4. The van der Waals surface area contributed by atoms with Gasteiger partial charge in [-0.05, 0) is 56.4 Å². The summed E-state index contributed by atoms with van der Waals surface area (Å²) in [5.74, 6) is 0. The van der Waals surface area contributed by atoms with Crippen molar-refractivity contribution in [3.8, 4) is 0 Å². The molecule has 3 rings (SSSR count). The van der Waals surface area contributed by atoms with Crippen molar-refractivity contribution in [2.75, 3.05) is 13.1 Å². The van der Waals surface area contributed by atoms with E-state index in [1.54, 1.807) is 18.7 Å². The molecule has 1 saturated heterocycles. The molecule has 0 radical (unpaired) electrons. The van der Waals surface area contributed by atoms with Crippen LogP contribution in [0.1, 0.15) is 37.8 Å². The molecule has 1 amide bonds. The number of benzene rings is 2. The van der Waals surface area contributed by atoms with Crippen LogP contribution in [0, 0.1) is 0 Å². The third-order valence-corrected chi connectivity index (χ3v) is 5.54. The molecule has 1 heterocycles. The molecule has 1 N–H and O–H groups in total. The van der Waals surface area contributed by atoms with E-state index in [4.69, 9.17) is 4.74 Å². The predicted molar refractivity (Wildman–Crippen MR) is 110 cm³/mol. The second-order valence-electron chi connectivity index (χ2n) is 7.84. The molecule has 1 aliphatic heterocycles. The lowest BCUT2D eigenvalue weighted by atomic mass is 9.85. The van der Waals surface area contributed by atoms with Crippen LogP contribution in [0.4, 0.5) is 4.79 Å². The van der Waals surface area contributed by atoms with Crippen LogP contribution in [-0.2, 0) is 16.8 Å². The van der Waals surface area contributed by atoms with Crippen molar-refractivity contribution >= 4 is 22.0 Å². The zero-order chi connectivity index (χ0) is 19.5. The molecule has 0 aliphatic carbocycles. The number of carbonyl (C=O) groups is 1. The van der Waals surface area contributed by atoms with Gasteiger partial charge in [-0.2, -0.15) is 0 Å². The SMILES string of the molecule is CC(C)(O)CCC1(c2ccccc2)CN(CCc2ccc(Br)cc2)C(=O)O1. The van der Waals surface area contributed by atoms with Gasteiger partial charge in [0.2, 0.25) is 0 Å². The predicted octanol–water partition coefficient (Wildman–Crippen LogP) is 4.89. The number of carbonyl (C=O) groups excluding carboxylic acids is 1. The molecule has 0 saturated carbocycles. The third-order valence-electron chi connectivity index (χ3n) is 5.01. The Morgan fingerprint density at radius 2 is 1.81 bits per heavy atom. The van der Waals surface area contributed by atoms with E-state index in [1.165, 1.54) is 5.56 Å². The molecule has 1 fully saturated rings. The van der Waals surface area contributed by atoms with Gasteiger partial charge in [-0.3, -0.25) is 0 Å². The molecule has 2 aromatic rings. The average molecular weight is 432 g/mol. The van der Waals surface area contributed by atoms with Crippen LogP contribution in [0.3, 0.4) is 0 Å². The molecule has 0 bridgehead atoms. The molecule has 2 aromatic carbocycles. The molecular formula is C22H26BrNO3. The zero-order valence-corrected chi connectivity index (χ0v) is 17.4. The van der Waals surface area contributed by atoms with E-state index in [0.717, 1.165) is 16.5 Å². The second kappa shape index (κ2) is 8.03. The molecule has 1 unspecified atom stereocenters. The van der Waals surface area contributed by atoms with E-state index in [2.05, 4.69) is 28.1 Å². The Labute approximate surface area is 169 Å². The van der Waals surface area contributed by atoms with E-state index < -0.39 is 11.2 Å². The quantitative estimate of drug-likeness (QED) is 0.678. The highest BCUT2D eigenvalue weighted by Gasteiger charge is 2.46. The molecule has 1 atom stereocenters. The number of halogens is 1. The number of amides is 1. The topological polar surface area (TPSA) is 49.8 Å². The maximum atomic E-state index is 12.6. The minimum Gasteiger partial charge on any atom is -0.436 e. The number of cyclic esters (lactones) is 1. The fourth-order valence-corrected chi connectivity index (χ4v) is 3.66. The van der Waals surface area contributed by atoms with Crippen LogP contribution in [0.5, 0.6) is 0 Å². The first-order valence-corrected chi connectivity index (χ1v) is 10.1. The standard InChI is InChI=1S/C22H26BrNO3/c1-21(2,26)13-14-22(18-6-4-3-5-7-18)16-24(20(25)27-22)15-12-17-8-10-19(23)11-9-17/h3-11,26H,12-16H2,1-2H3. The Hall–Kier alpha value is -1.85. The maximum Gasteiger partial charge on any atom is 0.410 e. The van der Waals surface area contributed by atoms with Crippen LogP contribution < -0.4 is 0 Å². The van der Waals surface area contributed by atoms with Crippen LogP contribution in [0.2, 0.25) is 0 Å². The molecule has 5 heteroatoms. The van der Waals surface area contributed by atoms with Crippen LogP contribution in [0.15, 0.2) is 59.1 Å². The highest BCUT2D eigenvalue weighted by Crippen LogP contribution is 2.39. The van der Waals surface area contributed by atoms with E-state index in [9.17, 15) is 9.90 Å². The number of ether oxygens (including phenoxy) is 1. The molecule has 0 aromatic heterocycles. The van der Waals surface area contributed by atoms with Gasteiger partial charge in [0.15, 0.2) is 5.60 Å². The monoisotopic (exact) mass is 431 g/mol. The number of hydrogen-bond donors (Lipinski definition) is 1. The maximum absolute atomic E-state index is 12.6. The molecular weight excluding hydrogens is 406 g/mol. The van der Waals surface area contributed by atoms with Gasteiger partial charge in [-0.25, -0.2) is 4.79 Å². The summed E-state index contributed by atoms with van der Waals surface area (Å²) in [5, 5.41) is 10.2. The number of hydrogen-bond acceptors (Lipinski definition) is 3. The second-order valence-corrected chi connectivity index (χ2v) is 8.75. The lowest BCUT2D eigenvalue weighted by Crippen LogP contribution is -2.35. The summed E-state index contributed by atoms with van der Waals surface area (Å²) in [5.41, 5.74) is 0.644. The van der Waals surface area contributed by atoms with Gasteiger partial charge in [0.05, 0.1) is 12.1 Å². The van der Waals surface area contributed by atoms with Crippen LogP contribution in [-0.4, -0.2) is 34.8 Å². The summed E-state index contributed by atoms with van der Waals surface area (Å²) < 4.78 is 6.96. The van der Waals surface area contributed by atoms with E-state index in [1.807, 2.05) is 42.5 Å². The zero-order valence-electron chi connectivity index (χ0n) is 15.8. The molecule has 144 valence electrons. The van der Waals surface area contributed by atoms with Crippen molar-refractivity contribution in [2.45, 2.75) is 44.3 Å². The number of aliphatic hydroxyl groups is 1. The Morgan fingerprint density at radius 3 is 2.44 bits per heavy atom. The van der Waals surface area contributed by atoms with Gasteiger partial charge in [0.1, 0.15) is 0 Å². The Morgan fingerprint density at radius 1 is 1.15 bits per heavy atom. The average Bonchev–Trinajstić information content (AvgIpc) is 2.97. The van der Waals surface area contributed by atoms with E-state index in [-0.39, 0.29) is 6.09 Å². The summed E-state index contributed by atoms with van der Waals surface area (Å²) >= 11 is 3.44. The summed E-state index contributed by atoms with van der Waals surface area (Å²) in [6.45, 7) is 4.68. The first-order chi connectivity index (χ1) is 12.8. The molecule has 27 heavy (non-hydrogen) atoms. The van der Waals surface area contributed by atoms with E-state index in [0.29, 0.717) is 25.9 Å². The first kappa shape index (κ1) is 19.9. The minimum atomic E-state index is -0.807. The van der Waals surface area contributed by atoms with Gasteiger partial charge >= 0.3 is 6.09 Å². The van der Waals surface area contributed by atoms with Gasteiger partial charge < -0.3 is 14.7 Å². The normalized spacial score (nSPS) is 20.0. The highest BCUT2D eigenvalue weighted by atomic mass is 79.9. The first-order valence-electron chi connectivity index (χ1n) is 9.28. The van der Waals surface area contributed by atoms with Crippen molar-refractivity contribution in [3.05, 3.63) is 70.2 Å². The van der Waals surface area contributed by atoms with Crippen molar-refractivity contribution < 1.29 is 14.6 Å². The summed E-state index contributed by atoms with van der Waals surface area (Å²) in [7, 11) is 0. The molecule has 4 nitrogen and oxygen atoms in total. The fraction of sp³-hybridized carbons (Fsp3) is 0.409. The number of rotatable bonds is 7. The van der Waals surface area contributed by atoms with Crippen molar-refractivity contribution in [2.24, 2.45) is 0 Å².